The normalized spacial score (nSPS) is 30.8. The van der Waals surface area contributed by atoms with Crippen LogP contribution in [0.4, 0.5) is 0 Å². The molecule has 1 aliphatic carbocycles. The third-order valence-electron chi connectivity index (χ3n) is 4.10. The molecule has 0 amide bonds. The number of hydrogen-bond donors (Lipinski definition) is 1. The summed E-state index contributed by atoms with van der Waals surface area (Å²) < 4.78 is 6.04. The van der Waals surface area contributed by atoms with E-state index < -0.39 is 0 Å². The smallest absolute Gasteiger partial charge is 0.0697 e. The van der Waals surface area contributed by atoms with E-state index in [1.165, 1.54) is 38.5 Å². The van der Waals surface area contributed by atoms with E-state index in [-0.39, 0.29) is 5.60 Å². The van der Waals surface area contributed by atoms with Gasteiger partial charge in [0.25, 0.3) is 0 Å². The molecule has 0 aromatic carbocycles. The summed E-state index contributed by atoms with van der Waals surface area (Å²) in [6.07, 6.45) is 9.96. The largest absolute Gasteiger partial charge is 0.375 e. The predicted molar refractivity (Wildman–Crippen MR) is 71.2 cm³/mol. The average Bonchev–Trinajstić information content (AvgIpc) is 2.74. The highest BCUT2D eigenvalue weighted by molar-refractivity contribution is 7.99. The van der Waals surface area contributed by atoms with Gasteiger partial charge in [0.1, 0.15) is 0 Å². The third-order valence-corrected chi connectivity index (χ3v) is 5.08. The molecule has 0 bridgehead atoms. The van der Waals surface area contributed by atoms with E-state index in [0.29, 0.717) is 6.04 Å². The van der Waals surface area contributed by atoms with E-state index in [1.54, 1.807) is 0 Å². The molecule has 1 saturated carbocycles. The van der Waals surface area contributed by atoms with Crippen molar-refractivity contribution >= 4 is 11.8 Å². The van der Waals surface area contributed by atoms with Gasteiger partial charge in [0, 0.05) is 24.4 Å². The summed E-state index contributed by atoms with van der Waals surface area (Å²) in [5.41, 5.74) is 0.262. The van der Waals surface area contributed by atoms with Crippen molar-refractivity contribution in [2.45, 2.75) is 62.3 Å². The maximum absolute atomic E-state index is 6.04. The van der Waals surface area contributed by atoms with E-state index in [9.17, 15) is 0 Å². The summed E-state index contributed by atoms with van der Waals surface area (Å²) >= 11 is 1.94. The molecule has 1 aliphatic heterocycles. The van der Waals surface area contributed by atoms with Crippen molar-refractivity contribution in [1.29, 1.82) is 0 Å². The van der Waals surface area contributed by atoms with Crippen molar-refractivity contribution in [2.24, 2.45) is 0 Å². The van der Waals surface area contributed by atoms with Crippen molar-refractivity contribution < 1.29 is 4.74 Å². The fourth-order valence-electron chi connectivity index (χ4n) is 2.99. The second-order valence-corrected chi connectivity index (χ2v) is 6.66. The minimum atomic E-state index is 0.262. The van der Waals surface area contributed by atoms with Gasteiger partial charge < -0.3 is 10.1 Å². The lowest BCUT2D eigenvalue weighted by atomic mass is 9.89. The van der Waals surface area contributed by atoms with Crippen LogP contribution < -0.4 is 5.32 Å². The molecule has 0 radical (unpaired) electrons. The summed E-state index contributed by atoms with van der Waals surface area (Å²) in [5.74, 6) is 0. The monoisotopic (exact) mass is 243 g/mol. The highest BCUT2D eigenvalue weighted by Crippen LogP contribution is 2.39. The first kappa shape index (κ1) is 12.7. The highest BCUT2D eigenvalue weighted by Gasteiger charge is 2.39. The molecule has 2 nitrogen and oxygen atoms in total. The average molecular weight is 243 g/mol. The van der Waals surface area contributed by atoms with Gasteiger partial charge in [-0.2, -0.15) is 11.8 Å². The summed E-state index contributed by atoms with van der Waals surface area (Å²) in [6.45, 7) is 4.40. The van der Waals surface area contributed by atoms with Crippen molar-refractivity contribution in [3.8, 4) is 0 Å². The third kappa shape index (κ3) is 3.14. The van der Waals surface area contributed by atoms with Crippen LogP contribution in [0.3, 0.4) is 0 Å². The maximum atomic E-state index is 6.04. The van der Waals surface area contributed by atoms with Gasteiger partial charge in [-0.1, -0.05) is 19.8 Å². The predicted octanol–water partition coefficient (Wildman–Crippen LogP) is 2.82. The standard InChI is InChI=1S/C13H25NOS/c1-11(16-2)10-14-12-5-8-15-13(9-12)6-3-4-7-13/h11-12,14H,3-10H2,1-2H3. The molecule has 94 valence electrons. The van der Waals surface area contributed by atoms with Gasteiger partial charge in [0.05, 0.1) is 5.60 Å². The Morgan fingerprint density at radius 3 is 2.88 bits per heavy atom. The Labute approximate surface area is 104 Å². The van der Waals surface area contributed by atoms with Crippen molar-refractivity contribution in [2.75, 3.05) is 19.4 Å². The minimum Gasteiger partial charge on any atom is -0.375 e. The van der Waals surface area contributed by atoms with Gasteiger partial charge in [-0.25, -0.2) is 0 Å². The molecular formula is C13H25NOS. The summed E-state index contributed by atoms with van der Waals surface area (Å²) in [6, 6.07) is 0.696. The molecule has 2 unspecified atom stereocenters. The molecule has 2 fully saturated rings. The van der Waals surface area contributed by atoms with Gasteiger partial charge in [0.2, 0.25) is 0 Å². The van der Waals surface area contributed by atoms with Crippen LogP contribution in [0.25, 0.3) is 0 Å². The van der Waals surface area contributed by atoms with Crippen LogP contribution in [-0.4, -0.2) is 36.3 Å². The Morgan fingerprint density at radius 1 is 1.44 bits per heavy atom. The number of thioether (sulfide) groups is 1. The molecule has 2 aliphatic rings. The SMILES string of the molecule is CSC(C)CNC1CCOC2(CCCC2)C1. The van der Waals surface area contributed by atoms with Crippen LogP contribution in [0.1, 0.15) is 45.4 Å². The lowest BCUT2D eigenvalue weighted by Gasteiger charge is -2.39. The Balaban J connectivity index is 1.78. The topological polar surface area (TPSA) is 21.3 Å². The van der Waals surface area contributed by atoms with E-state index in [1.807, 2.05) is 11.8 Å². The Kier molecular flexibility index (Phi) is 4.57. The first-order chi connectivity index (χ1) is 7.74. The first-order valence-corrected chi connectivity index (χ1v) is 7.93. The van der Waals surface area contributed by atoms with Crippen LogP contribution in [0.5, 0.6) is 0 Å². The maximum Gasteiger partial charge on any atom is 0.0697 e. The van der Waals surface area contributed by atoms with Crippen LogP contribution in [-0.2, 0) is 4.74 Å². The molecule has 16 heavy (non-hydrogen) atoms. The molecule has 1 spiro atoms. The van der Waals surface area contributed by atoms with Crippen molar-refractivity contribution in [3.63, 3.8) is 0 Å². The molecule has 0 aromatic heterocycles. The quantitative estimate of drug-likeness (QED) is 0.820. The zero-order valence-corrected chi connectivity index (χ0v) is 11.4. The zero-order chi connectivity index (χ0) is 11.4. The molecule has 3 heteroatoms. The van der Waals surface area contributed by atoms with Crippen LogP contribution in [0, 0.1) is 0 Å². The van der Waals surface area contributed by atoms with Gasteiger partial charge in [-0.05, 0) is 31.9 Å². The van der Waals surface area contributed by atoms with Gasteiger partial charge >= 0.3 is 0 Å². The van der Waals surface area contributed by atoms with Gasteiger partial charge in [-0.3, -0.25) is 0 Å². The summed E-state index contributed by atoms with van der Waals surface area (Å²) in [5, 5.41) is 4.45. The number of ether oxygens (including phenoxy) is 1. The fraction of sp³-hybridized carbons (Fsp3) is 1.00. The molecule has 1 saturated heterocycles. The number of hydrogen-bond acceptors (Lipinski definition) is 3. The molecular weight excluding hydrogens is 218 g/mol. The summed E-state index contributed by atoms with van der Waals surface area (Å²) in [4.78, 5) is 0. The summed E-state index contributed by atoms with van der Waals surface area (Å²) in [7, 11) is 0. The number of rotatable bonds is 4. The van der Waals surface area contributed by atoms with Gasteiger partial charge in [0.15, 0.2) is 0 Å². The second-order valence-electron chi connectivity index (χ2n) is 5.38. The molecule has 1 heterocycles. The van der Waals surface area contributed by atoms with Crippen LogP contribution in [0.15, 0.2) is 0 Å². The van der Waals surface area contributed by atoms with Crippen molar-refractivity contribution in [1.82, 2.24) is 5.32 Å². The Morgan fingerprint density at radius 2 is 2.19 bits per heavy atom. The molecule has 2 rings (SSSR count). The van der Waals surface area contributed by atoms with Crippen LogP contribution >= 0.6 is 11.8 Å². The lowest BCUT2D eigenvalue weighted by molar-refractivity contribution is -0.0834. The molecule has 1 N–H and O–H groups in total. The van der Waals surface area contributed by atoms with Crippen molar-refractivity contribution in [3.05, 3.63) is 0 Å². The second kappa shape index (κ2) is 5.74. The zero-order valence-electron chi connectivity index (χ0n) is 10.6. The van der Waals surface area contributed by atoms with Gasteiger partial charge in [-0.15, -0.1) is 0 Å². The Hall–Kier alpha value is 0.270. The van der Waals surface area contributed by atoms with E-state index >= 15 is 0 Å². The number of nitrogens with one attached hydrogen (secondary N) is 1. The van der Waals surface area contributed by atoms with E-state index in [0.717, 1.165) is 18.4 Å². The fourth-order valence-corrected chi connectivity index (χ4v) is 3.25. The van der Waals surface area contributed by atoms with Crippen LogP contribution in [0.2, 0.25) is 0 Å². The molecule has 0 aromatic rings. The molecule has 2 atom stereocenters. The van der Waals surface area contributed by atoms with E-state index in [4.69, 9.17) is 4.74 Å². The Bertz CT molecular complexity index is 216. The lowest BCUT2D eigenvalue weighted by Crippen LogP contribution is -2.46. The van der Waals surface area contributed by atoms with E-state index in [2.05, 4.69) is 18.5 Å². The minimum absolute atomic E-state index is 0.262. The highest BCUT2D eigenvalue weighted by atomic mass is 32.2. The first-order valence-electron chi connectivity index (χ1n) is 6.64.